The Hall–Kier alpha value is -3.35. The van der Waals surface area contributed by atoms with Crippen molar-refractivity contribution in [1.82, 2.24) is 10.2 Å². The molecule has 120 valence electrons. The number of rotatable bonds is 3. The molecule has 1 aliphatic rings. The molecule has 7 nitrogen and oxygen atoms in total. The predicted octanol–water partition coefficient (Wildman–Crippen LogP) is 3.03. The van der Waals surface area contributed by atoms with Crippen molar-refractivity contribution in [3.05, 3.63) is 53.9 Å². The van der Waals surface area contributed by atoms with E-state index >= 15 is 0 Å². The summed E-state index contributed by atoms with van der Waals surface area (Å²) in [5.74, 6) is 1.86. The number of hydrogen-bond donors (Lipinski definition) is 1. The van der Waals surface area contributed by atoms with Crippen molar-refractivity contribution in [3.8, 4) is 23.0 Å². The quantitative estimate of drug-likeness (QED) is 0.797. The molecule has 7 heteroatoms. The van der Waals surface area contributed by atoms with Crippen molar-refractivity contribution in [2.75, 3.05) is 12.1 Å². The van der Waals surface area contributed by atoms with Gasteiger partial charge in [-0.15, -0.1) is 10.2 Å². The van der Waals surface area contributed by atoms with Gasteiger partial charge in [-0.1, -0.05) is 6.07 Å². The van der Waals surface area contributed by atoms with Gasteiger partial charge in [0.2, 0.25) is 18.6 Å². The molecule has 0 atom stereocenters. The van der Waals surface area contributed by atoms with Crippen LogP contribution in [0.2, 0.25) is 0 Å². The number of carbonyl (C=O) groups is 1. The summed E-state index contributed by atoms with van der Waals surface area (Å²) in [4.78, 5) is 12.4. The van der Waals surface area contributed by atoms with Crippen LogP contribution in [0.15, 0.2) is 46.9 Å². The van der Waals surface area contributed by atoms with Gasteiger partial charge in [-0.3, -0.25) is 4.79 Å². The lowest BCUT2D eigenvalue weighted by atomic mass is 10.1. The van der Waals surface area contributed by atoms with Gasteiger partial charge in [0, 0.05) is 23.7 Å². The minimum absolute atomic E-state index is 0.173. The van der Waals surface area contributed by atoms with E-state index in [2.05, 4.69) is 15.5 Å². The minimum atomic E-state index is -0.243. The molecule has 0 saturated carbocycles. The van der Waals surface area contributed by atoms with Crippen LogP contribution < -0.4 is 14.8 Å². The molecule has 0 aliphatic carbocycles. The second-order valence-corrected chi connectivity index (χ2v) is 5.23. The van der Waals surface area contributed by atoms with Crippen LogP contribution in [0, 0.1) is 6.92 Å². The molecule has 0 saturated heterocycles. The molecule has 1 aliphatic heterocycles. The number of ether oxygens (including phenoxy) is 2. The van der Waals surface area contributed by atoms with Gasteiger partial charge in [-0.05, 0) is 36.4 Å². The lowest BCUT2D eigenvalue weighted by Gasteiger charge is -2.07. The SMILES string of the molecule is Cc1nnc(-c2cccc(NC(=O)c3ccc4c(c3)OCO4)c2)o1. The molecule has 0 spiro atoms. The number of nitrogens with one attached hydrogen (secondary N) is 1. The highest BCUT2D eigenvalue weighted by molar-refractivity contribution is 6.04. The van der Waals surface area contributed by atoms with Crippen LogP contribution in [-0.4, -0.2) is 22.9 Å². The zero-order valence-electron chi connectivity index (χ0n) is 12.8. The summed E-state index contributed by atoms with van der Waals surface area (Å²) in [6.07, 6.45) is 0. The molecule has 24 heavy (non-hydrogen) atoms. The number of aryl methyl sites for hydroxylation is 1. The van der Waals surface area contributed by atoms with E-state index in [1.54, 1.807) is 37.3 Å². The predicted molar refractivity (Wildman–Crippen MR) is 85.0 cm³/mol. The standard InChI is InChI=1S/C17H13N3O4/c1-10-19-20-17(24-10)12-3-2-4-13(7-12)18-16(21)11-5-6-14-15(8-11)23-9-22-14/h2-8H,9H2,1H3,(H,18,21). The second-order valence-electron chi connectivity index (χ2n) is 5.23. The topological polar surface area (TPSA) is 86.5 Å². The molecule has 1 amide bonds. The highest BCUT2D eigenvalue weighted by Gasteiger charge is 2.16. The summed E-state index contributed by atoms with van der Waals surface area (Å²) >= 11 is 0. The number of amides is 1. The Labute approximate surface area is 137 Å². The Morgan fingerprint density at radius 2 is 1.96 bits per heavy atom. The maximum atomic E-state index is 12.4. The number of benzene rings is 2. The summed E-state index contributed by atoms with van der Waals surface area (Å²) < 4.78 is 15.9. The fourth-order valence-corrected chi connectivity index (χ4v) is 2.38. The number of hydrogen-bond acceptors (Lipinski definition) is 6. The molecule has 2 heterocycles. The van der Waals surface area contributed by atoms with Crippen LogP contribution in [0.4, 0.5) is 5.69 Å². The summed E-state index contributed by atoms with van der Waals surface area (Å²) in [5, 5.41) is 10.6. The molecule has 0 bridgehead atoms. The van der Waals surface area contributed by atoms with E-state index < -0.39 is 0 Å². The lowest BCUT2D eigenvalue weighted by molar-refractivity contribution is 0.102. The zero-order valence-corrected chi connectivity index (χ0v) is 12.8. The first kappa shape index (κ1) is 14.3. The Kier molecular flexibility index (Phi) is 3.38. The molecule has 2 aromatic carbocycles. The van der Waals surface area contributed by atoms with Crippen molar-refractivity contribution < 1.29 is 18.7 Å². The van der Waals surface area contributed by atoms with Gasteiger partial charge in [-0.25, -0.2) is 0 Å². The first-order chi connectivity index (χ1) is 11.7. The monoisotopic (exact) mass is 323 g/mol. The van der Waals surface area contributed by atoms with Crippen molar-refractivity contribution in [3.63, 3.8) is 0 Å². The van der Waals surface area contributed by atoms with Crippen LogP contribution in [0.3, 0.4) is 0 Å². The van der Waals surface area contributed by atoms with Crippen molar-refractivity contribution in [1.29, 1.82) is 0 Å². The molecule has 0 radical (unpaired) electrons. The molecular weight excluding hydrogens is 310 g/mol. The van der Waals surface area contributed by atoms with Crippen LogP contribution in [0.25, 0.3) is 11.5 Å². The summed E-state index contributed by atoms with van der Waals surface area (Å²) in [5.41, 5.74) is 1.85. The Morgan fingerprint density at radius 3 is 2.79 bits per heavy atom. The van der Waals surface area contributed by atoms with Gasteiger partial charge in [0.25, 0.3) is 5.91 Å². The van der Waals surface area contributed by atoms with Gasteiger partial charge in [0.15, 0.2) is 11.5 Å². The molecule has 0 unspecified atom stereocenters. The van der Waals surface area contributed by atoms with Crippen molar-refractivity contribution in [2.24, 2.45) is 0 Å². The first-order valence-electron chi connectivity index (χ1n) is 7.30. The smallest absolute Gasteiger partial charge is 0.255 e. The number of fused-ring (bicyclic) bond motifs is 1. The summed E-state index contributed by atoms with van der Waals surface area (Å²) in [7, 11) is 0. The Balaban J connectivity index is 1.56. The lowest BCUT2D eigenvalue weighted by Crippen LogP contribution is -2.11. The van der Waals surface area contributed by atoms with Gasteiger partial charge in [0.05, 0.1) is 0 Å². The summed E-state index contributed by atoms with van der Waals surface area (Å²) in [6, 6.07) is 12.3. The van der Waals surface area contributed by atoms with E-state index in [-0.39, 0.29) is 12.7 Å². The average molecular weight is 323 g/mol. The van der Waals surface area contributed by atoms with Crippen LogP contribution in [0.1, 0.15) is 16.2 Å². The average Bonchev–Trinajstić information content (AvgIpc) is 3.23. The molecular formula is C17H13N3O4. The third-order valence-electron chi connectivity index (χ3n) is 3.53. The van der Waals surface area contributed by atoms with E-state index in [4.69, 9.17) is 13.9 Å². The molecule has 1 N–H and O–H groups in total. The van der Waals surface area contributed by atoms with Gasteiger partial charge < -0.3 is 19.2 Å². The van der Waals surface area contributed by atoms with Crippen LogP contribution in [0.5, 0.6) is 11.5 Å². The number of anilines is 1. The van der Waals surface area contributed by atoms with Crippen LogP contribution >= 0.6 is 0 Å². The van der Waals surface area contributed by atoms with Crippen molar-refractivity contribution in [2.45, 2.75) is 6.92 Å². The number of nitrogens with zero attached hydrogens (tertiary/aromatic N) is 2. The Bertz CT molecular complexity index is 920. The maximum absolute atomic E-state index is 12.4. The van der Waals surface area contributed by atoms with Gasteiger partial charge >= 0.3 is 0 Å². The third-order valence-corrected chi connectivity index (χ3v) is 3.53. The summed E-state index contributed by atoms with van der Waals surface area (Å²) in [6.45, 7) is 1.90. The molecule has 3 aromatic rings. The largest absolute Gasteiger partial charge is 0.454 e. The fraction of sp³-hybridized carbons (Fsp3) is 0.118. The van der Waals surface area contributed by atoms with Crippen LogP contribution in [-0.2, 0) is 0 Å². The highest BCUT2D eigenvalue weighted by atomic mass is 16.7. The molecule has 1 aromatic heterocycles. The van der Waals surface area contributed by atoms with E-state index in [9.17, 15) is 4.79 Å². The highest BCUT2D eigenvalue weighted by Crippen LogP contribution is 2.32. The fourth-order valence-electron chi connectivity index (χ4n) is 2.38. The maximum Gasteiger partial charge on any atom is 0.255 e. The van der Waals surface area contributed by atoms with E-state index in [0.717, 1.165) is 5.56 Å². The normalized spacial score (nSPS) is 12.2. The number of aromatic nitrogens is 2. The van der Waals surface area contributed by atoms with E-state index in [1.165, 1.54) is 0 Å². The third kappa shape index (κ3) is 2.67. The van der Waals surface area contributed by atoms with E-state index in [0.29, 0.717) is 34.5 Å². The van der Waals surface area contributed by atoms with Gasteiger partial charge in [0.1, 0.15) is 0 Å². The molecule has 0 fully saturated rings. The van der Waals surface area contributed by atoms with E-state index in [1.807, 2.05) is 12.1 Å². The second kappa shape index (κ2) is 5.69. The Morgan fingerprint density at radius 1 is 1.08 bits per heavy atom. The van der Waals surface area contributed by atoms with Crippen molar-refractivity contribution >= 4 is 11.6 Å². The number of carbonyl (C=O) groups excluding carboxylic acids is 1. The van der Waals surface area contributed by atoms with Gasteiger partial charge in [-0.2, -0.15) is 0 Å². The zero-order chi connectivity index (χ0) is 16.5. The first-order valence-corrected chi connectivity index (χ1v) is 7.30. The minimum Gasteiger partial charge on any atom is -0.454 e. The molecule has 4 rings (SSSR count).